The molecule has 2 fully saturated rings. The van der Waals surface area contributed by atoms with Crippen LogP contribution in [-0.2, 0) is 6.42 Å². The number of aromatic hydroxyl groups is 1. The van der Waals surface area contributed by atoms with Gasteiger partial charge in [-0.2, -0.15) is 0 Å². The molecular formula is C17H23NO. The number of fused-ring (bicyclic) bond motifs is 3. The Labute approximate surface area is 115 Å². The highest BCUT2D eigenvalue weighted by atomic mass is 16.3. The first kappa shape index (κ1) is 11.8. The molecule has 0 saturated heterocycles. The number of nitrogens with one attached hydrogen (secondary N) is 1. The monoisotopic (exact) mass is 257 g/mol. The molecule has 4 unspecified atom stereocenters. The number of benzene rings is 1. The van der Waals surface area contributed by atoms with Crippen LogP contribution >= 0.6 is 0 Å². The van der Waals surface area contributed by atoms with E-state index in [1.54, 1.807) is 0 Å². The summed E-state index contributed by atoms with van der Waals surface area (Å²) in [6.45, 7) is 0. The third kappa shape index (κ3) is 2.06. The Balaban J connectivity index is 1.55. The molecule has 0 aliphatic heterocycles. The van der Waals surface area contributed by atoms with Gasteiger partial charge in [-0.3, -0.25) is 0 Å². The van der Waals surface area contributed by atoms with Crippen molar-refractivity contribution in [2.45, 2.75) is 57.0 Å². The summed E-state index contributed by atoms with van der Waals surface area (Å²) in [4.78, 5) is 0. The van der Waals surface area contributed by atoms with Gasteiger partial charge in [0, 0.05) is 12.1 Å². The molecule has 0 amide bonds. The summed E-state index contributed by atoms with van der Waals surface area (Å²) in [6, 6.07) is 7.13. The van der Waals surface area contributed by atoms with E-state index in [0.717, 1.165) is 17.9 Å². The van der Waals surface area contributed by atoms with Crippen LogP contribution in [0, 0.1) is 11.8 Å². The molecule has 1 aromatic rings. The van der Waals surface area contributed by atoms with E-state index in [9.17, 15) is 5.11 Å². The Hall–Kier alpha value is -1.02. The van der Waals surface area contributed by atoms with Crippen molar-refractivity contribution in [1.29, 1.82) is 0 Å². The van der Waals surface area contributed by atoms with Gasteiger partial charge in [-0.15, -0.1) is 0 Å². The first-order chi connectivity index (χ1) is 9.29. The maximum absolute atomic E-state index is 9.74. The van der Waals surface area contributed by atoms with E-state index in [1.807, 2.05) is 12.1 Å². The number of rotatable bonds is 2. The van der Waals surface area contributed by atoms with Crippen molar-refractivity contribution in [1.82, 2.24) is 5.32 Å². The summed E-state index contributed by atoms with van der Waals surface area (Å²) >= 11 is 0. The lowest BCUT2D eigenvalue weighted by Gasteiger charge is -2.32. The minimum atomic E-state index is 0.417. The molecule has 0 radical (unpaired) electrons. The molecule has 0 heterocycles. The maximum atomic E-state index is 9.74. The van der Waals surface area contributed by atoms with Crippen molar-refractivity contribution in [3.63, 3.8) is 0 Å². The van der Waals surface area contributed by atoms with Gasteiger partial charge in [0.25, 0.3) is 0 Å². The summed E-state index contributed by atoms with van der Waals surface area (Å²) < 4.78 is 0. The second-order valence-corrected chi connectivity index (χ2v) is 6.78. The van der Waals surface area contributed by atoms with Gasteiger partial charge in [-0.25, -0.2) is 0 Å². The van der Waals surface area contributed by atoms with Crippen molar-refractivity contribution in [3.8, 4) is 5.75 Å². The Morgan fingerprint density at radius 3 is 2.84 bits per heavy atom. The van der Waals surface area contributed by atoms with Crippen molar-refractivity contribution in [2.24, 2.45) is 11.8 Å². The predicted octanol–water partition coefficient (Wildman–Crippen LogP) is 3.55. The fraction of sp³-hybridized carbons (Fsp3) is 0.647. The number of hydrogen-bond donors (Lipinski definition) is 2. The topological polar surface area (TPSA) is 32.3 Å². The summed E-state index contributed by atoms with van der Waals surface area (Å²) in [5, 5.41) is 13.7. The van der Waals surface area contributed by atoms with E-state index in [1.165, 1.54) is 56.1 Å². The second-order valence-electron chi connectivity index (χ2n) is 6.78. The van der Waals surface area contributed by atoms with Crippen LogP contribution in [-0.4, -0.2) is 11.1 Å². The summed E-state index contributed by atoms with van der Waals surface area (Å²) in [7, 11) is 0. The molecule has 2 heteroatoms. The third-order valence-corrected chi connectivity index (χ3v) is 5.60. The van der Waals surface area contributed by atoms with Crippen LogP contribution in [0.4, 0.5) is 0 Å². The van der Waals surface area contributed by atoms with E-state index < -0.39 is 0 Å². The van der Waals surface area contributed by atoms with Gasteiger partial charge in [0.05, 0.1) is 0 Å². The van der Waals surface area contributed by atoms with Gasteiger partial charge in [-0.1, -0.05) is 12.5 Å². The molecule has 3 aliphatic rings. The number of aryl methyl sites for hydroxylation is 1. The highest BCUT2D eigenvalue weighted by molar-refractivity contribution is 5.38. The number of hydrogen-bond acceptors (Lipinski definition) is 2. The van der Waals surface area contributed by atoms with Crippen LogP contribution < -0.4 is 5.32 Å². The molecule has 0 aromatic heterocycles. The Bertz CT molecular complexity index is 484. The zero-order chi connectivity index (χ0) is 12.8. The predicted molar refractivity (Wildman–Crippen MR) is 76.2 cm³/mol. The molecule has 19 heavy (non-hydrogen) atoms. The van der Waals surface area contributed by atoms with Gasteiger partial charge in [0.1, 0.15) is 5.75 Å². The molecule has 1 aromatic carbocycles. The average Bonchev–Trinajstić information content (AvgIpc) is 3.02. The van der Waals surface area contributed by atoms with Gasteiger partial charge < -0.3 is 10.4 Å². The van der Waals surface area contributed by atoms with Gasteiger partial charge in [0.15, 0.2) is 0 Å². The minimum Gasteiger partial charge on any atom is -0.508 e. The lowest BCUT2D eigenvalue weighted by Crippen LogP contribution is -2.38. The SMILES string of the molecule is Oc1ccc2c(c1)C(NC1CC3CCC1C3)CCC2. The minimum absolute atomic E-state index is 0.417. The Morgan fingerprint density at radius 1 is 1.11 bits per heavy atom. The smallest absolute Gasteiger partial charge is 0.115 e. The quantitative estimate of drug-likeness (QED) is 0.849. The van der Waals surface area contributed by atoms with Crippen molar-refractivity contribution >= 4 is 0 Å². The Morgan fingerprint density at radius 2 is 2.05 bits per heavy atom. The fourth-order valence-electron chi connectivity index (χ4n) is 4.67. The summed E-state index contributed by atoms with van der Waals surface area (Å²) in [5.74, 6) is 2.34. The Kier molecular flexibility index (Phi) is 2.80. The molecular weight excluding hydrogens is 234 g/mol. The van der Waals surface area contributed by atoms with E-state index in [2.05, 4.69) is 11.4 Å². The molecule has 2 N–H and O–H groups in total. The van der Waals surface area contributed by atoms with Crippen LogP contribution in [0.1, 0.15) is 55.7 Å². The molecule has 2 nitrogen and oxygen atoms in total. The maximum Gasteiger partial charge on any atom is 0.115 e. The van der Waals surface area contributed by atoms with E-state index in [-0.39, 0.29) is 0 Å². The van der Waals surface area contributed by atoms with Crippen molar-refractivity contribution < 1.29 is 5.11 Å². The normalized spacial score (nSPS) is 36.4. The lowest BCUT2D eigenvalue weighted by atomic mass is 9.85. The lowest BCUT2D eigenvalue weighted by molar-refractivity contribution is 0.303. The molecule has 102 valence electrons. The highest BCUT2D eigenvalue weighted by Crippen LogP contribution is 2.45. The molecule has 4 atom stereocenters. The van der Waals surface area contributed by atoms with Crippen molar-refractivity contribution in [3.05, 3.63) is 29.3 Å². The molecule has 0 spiro atoms. The standard InChI is InChI=1S/C17H23NO/c19-14-7-6-12-2-1-3-16(15(12)10-14)18-17-9-11-4-5-13(17)8-11/h6-7,10-11,13,16-19H,1-5,8-9H2. The number of phenols is 1. The van der Waals surface area contributed by atoms with Crippen LogP contribution in [0.3, 0.4) is 0 Å². The van der Waals surface area contributed by atoms with Gasteiger partial charge in [-0.05, 0) is 73.6 Å². The van der Waals surface area contributed by atoms with Crippen LogP contribution in [0.2, 0.25) is 0 Å². The van der Waals surface area contributed by atoms with E-state index in [4.69, 9.17) is 0 Å². The first-order valence-corrected chi connectivity index (χ1v) is 7.87. The summed E-state index contributed by atoms with van der Waals surface area (Å²) in [6.07, 6.45) is 9.41. The zero-order valence-corrected chi connectivity index (χ0v) is 11.4. The van der Waals surface area contributed by atoms with Crippen LogP contribution in [0.5, 0.6) is 5.75 Å². The fourth-order valence-corrected chi connectivity index (χ4v) is 4.67. The second kappa shape index (κ2) is 4.52. The summed E-state index contributed by atoms with van der Waals surface area (Å²) in [5.41, 5.74) is 2.79. The molecule has 2 bridgehead atoms. The van der Waals surface area contributed by atoms with Gasteiger partial charge >= 0.3 is 0 Å². The number of phenolic OH excluding ortho intramolecular Hbond substituents is 1. The third-order valence-electron chi connectivity index (χ3n) is 5.60. The van der Waals surface area contributed by atoms with E-state index >= 15 is 0 Å². The van der Waals surface area contributed by atoms with Crippen LogP contribution in [0.15, 0.2) is 18.2 Å². The molecule has 3 aliphatic carbocycles. The highest BCUT2D eigenvalue weighted by Gasteiger charge is 2.40. The first-order valence-electron chi connectivity index (χ1n) is 7.87. The zero-order valence-electron chi connectivity index (χ0n) is 11.4. The largest absolute Gasteiger partial charge is 0.508 e. The van der Waals surface area contributed by atoms with E-state index in [0.29, 0.717) is 11.8 Å². The molecule has 2 saturated carbocycles. The van der Waals surface area contributed by atoms with Crippen LogP contribution in [0.25, 0.3) is 0 Å². The average molecular weight is 257 g/mol. The van der Waals surface area contributed by atoms with Crippen molar-refractivity contribution in [2.75, 3.05) is 0 Å². The van der Waals surface area contributed by atoms with Gasteiger partial charge in [0.2, 0.25) is 0 Å². The molecule has 4 rings (SSSR count).